The van der Waals surface area contributed by atoms with E-state index in [1.807, 2.05) is 30.3 Å². The molecular weight excluding hydrogens is 236 g/mol. The van der Waals surface area contributed by atoms with Gasteiger partial charge in [0.25, 0.3) is 0 Å². The zero-order chi connectivity index (χ0) is 13.9. The highest BCUT2D eigenvalue weighted by Crippen LogP contribution is 2.21. The van der Waals surface area contributed by atoms with E-state index in [0.717, 1.165) is 50.9 Å². The molecule has 0 amide bonds. The maximum atomic E-state index is 9.48. The predicted octanol–water partition coefficient (Wildman–Crippen LogP) is 5.11. The largest absolute Gasteiger partial charge is 0.513 e. The number of hydrogen-bond donors (Lipinski definition) is 1. The number of hydrogen-bond acceptors (Lipinski definition) is 2. The second-order valence-corrected chi connectivity index (χ2v) is 4.99. The van der Waals surface area contributed by atoms with Crippen molar-refractivity contribution in [2.45, 2.75) is 45.4 Å². The highest BCUT2D eigenvalue weighted by atomic mass is 16.5. The average molecular weight is 262 g/mol. The maximum Gasteiger partial charge on any atom is 0.119 e. The van der Waals surface area contributed by atoms with E-state index in [1.165, 1.54) is 0 Å². The van der Waals surface area contributed by atoms with Gasteiger partial charge in [0.05, 0.1) is 12.4 Å². The van der Waals surface area contributed by atoms with Crippen LogP contribution in [0.4, 0.5) is 0 Å². The summed E-state index contributed by atoms with van der Waals surface area (Å²) in [7, 11) is 0. The summed E-state index contributed by atoms with van der Waals surface area (Å²) in [6, 6.07) is 9.91. The summed E-state index contributed by atoms with van der Waals surface area (Å²) in [6.07, 6.45) is 6.50. The Balaban J connectivity index is 2.06. The minimum atomic E-state index is 0.278. The van der Waals surface area contributed by atoms with Crippen LogP contribution in [0.25, 0.3) is 0 Å². The molecule has 0 fully saturated rings. The van der Waals surface area contributed by atoms with Crippen molar-refractivity contribution >= 4 is 0 Å². The third-order valence-corrected chi connectivity index (χ3v) is 3.32. The van der Waals surface area contributed by atoms with Crippen molar-refractivity contribution in [3.05, 3.63) is 42.7 Å². The first-order valence-corrected chi connectivity index (χ1v) is 7.29. The van der Waals surface area contributed by atoms with E-state index in [0.29, 0.717) is 5.76 Å². The van der Waals surface area contributed by atoms with E-state index in [-0.39, 0.29) is 5.92 Å². The van der Waals surface area contributed by atoms with Crippen molar-refractivity contribution in [1.82, 2.24) is 0 Å². The Bertz CT molecular complexity index is 346. The molecule has 2 heteroatoms. The second kappa shape index (κ2) is 9.48. The molecule has 1 aromatic carbocycles. The number of aliphatic hydroxyl groups is 1. The Kier molecular flexibility index (Phi) is 7.80. The van der Waals surface area contributed by atoms with E-state index in [2.05, 4.69) is 13.5 Å². The van der Waals surface area contributed by atoms with Gasteiger partial charge < -0.3 is 9.84 Å². The van der Waals surface area contributed by atoms with E-state index in [9.17, 15) is 5.11 Å². The van der Waals surface area contributed by atoms with Crippen LogP contribution in [0.15, 0.2) is 42.7 Å². The number of para-hydroxylation sites is 1. The van der Waals surface area contributed by atoms with Crippen molar-refractivity contribution < 1.29 is 9.84 Å². The molecule has 0 aliphatic rings. The molecule has 1 unspecified atom stereocenters. The van der Waals surface area contributed by atoms with E-state index in [4.69, 9.17) is 4.74 Å². The van der Waals surface area contributed by atoms with Crippen LogP contribution in [0, 0.1) is 5.92 Å². The highest BCUT2D eigenvalue weighted by molar-refractivity contribution is 5.20. The summed E-state index contributed by atoms with van der Waals surface area (Å²) in [5.74, 6) is 1.57. The Hall–Kier alpha value is -1.44. The number of ether oxygens (including phenoxy) is 1. The number of benzene rings is 1. The zero-order valence-electron chi connectivity index (χ0n) is 12.0. The molecule has 1 N–H and O–H groups in total. The monoisotopic (exact) mass is 262 g/mol. The average Bonchev–Trinajstić information content (AvgIpc) is 2.42. The van der Waals surface area contributed by atoms with Gasteiger partial charge in [-0.2, -0.15) is 0 Å². The standard InChI is InChI=1S/C17H26O2/c1-3-10-16(15(2)18)11-6-5-9-14-19-17-12-7-4-8-13-17/h4,7-8,12-13,16,18H,2-3,5-6,9-11,14H2,1H3. The summed E-state index contributed by atoms with van der Waals surface area (Å²) in [5.41, 5.74) is 0. The Morgan fingerprint density at radius 2 is 1.89 bits per heavy atom. The predicted molar refractivity (Wildman–Crippen MR) is 80.6 cm³/mol. The highest BCUT2D eigenvalue weighted by Gasteiger charge is 2.09. The molecule has 0 spiro atoms. The molecule has 0 radical (unpaired) electrons. The lowest BCUT2D eigenvalue weighted by molar-refractivity contribution is 0.287. The molecular formula is C17H26O2. The van der Waals surface area contributed by atoms with Gasteiger partial charge in [-0.05, 0) is 31.4 Å². The summed E-state index contributed by atoms with van der Waals surface area (Å²) in [6.45, 7) is 6.57. The molecule has 0 aliphatic heterocycles. The fourth-order valence-electron chi connectivity index (χ4n) is 2.20. The van der Waals surface area contributed by atoms with Crippen LogP contribution in [0.3, 0.4) is 0 Å². The van der Waals surface area contributed by atoms with E-state index in [1.54, 1.807) is 0 Å². The minimum Gasteiger partial charge on any atom is -0.513 e. The lowest BCUT2D eigenvalue weighted by atomic mass is 9.95. The Labute approximate surface area is 117 Å². The van der Waals surface area contributed by atoms with Crippen molar-refractivity contribution in [1.29, 1.82) is 0 Å². The zero-order valence-corrected chi connectivity index (χ0v) is 12.0. The summed E-state index contributed by atoms with van der Waals surface area (Å²) >= 11 is 0. The Morgan fingerprint density at radius 1 is 1.16 bits per heavy atom. The molecule has 0 bridgehead atoms. The van der Waals surface area contributed by atoms with Crippen LogP contribution in [0.5, 0.6) is 5.75 Å². The molecule has 1 atom stereocenters. The first kappa shape index (κ1) is 15.6. The van der Waals surface area contributed by atoms with Gasteiger partial charge in [0.2, 0.25) is 0 Å². The summed E-state index contributed by atoms with van der Waals surface area (Å²) in [5, 5.41) is 9.48. The van der Waals surface area contributed by atoms with Crippen molar-refractivity contribution in [3.63, 3.8) is 0 Å². The molecule has 0 saturated carbocycles. The first-order chi connectivity index (χ1) is 9.24. The third-order valence-electron chi connectivity index (χ3n) is 3.32. The molecule has 0 saturated heterocycles. The molecule has 1 aromatic rings. The molecule has 19 heavy (non-hydrogen) atoms. The van der Waals surface area contributed by atoms with Crippen molar-refractivity contribution in [2.24, 2.45) is 5.92 Å². The van der Waals surface area contributed by atoms with E-state index < -0.39 is 0 Å². The number of allylic oxidation sites excluding steroid dienone is 1. The van der Waals surface area contributed by atoms with Gasteiger partial charge in [0.1, 0.15) is 5.75 Å². The molecule has 2 nitrogen and oxygen atoms in total. The molecule has 1 rings (SSSR count). The van der Waals surface area contributed by atoms with Crippen molar-refractivity contribution in [2.75, 3.05) is 6.61 Å². The fraction of sp³-hybridized carbons (Fsp3) is 0.529. The van der Waals surface area contributed by atoms with Crippen LogP contribution in [0.2, 0.25) is 0 Å². The SMILES string of the molecule is C=C(O)C(CCC)CCCCCOc1ccccc1. The smallest absolute Gasteiger partial charge is 0.119 e. The molecule has 106 valence electrons. The van der Waals surface area contributed by atoms with Gasteiger partial charge in [-0.25, -0.2) is 0 Å². The molecule has 0 aliphatic carbocycles. The topological polar surface area (TPSA) is 29.5 Å². The first-order valence-electron chi connectivity index (χ1n) is 7.29. The molecule has 0 heterocycles. The number of rotatable bonds is 10. The lowest BCUT2D eigenvalue weighted by Crippen LogP contribution is -2.03. The van der Waals surface area contributed by atoms with Crippen LogP contribution in [-0.4, -0.2) is 11.7 Å². The lowest BCUT2D eigenvalue weighted by Gasteiger charge is -2.14. The quantitative estimate of drug-likeness (QED) is 0.469. The van der Waals surface area contributed by atoms with Gasteiger partial charge in [0, 0.05) is 5.92 Å². The van der Waals surface area contributed by atoms with E-state index >= 15 is 0 Å². The van der Waals surface area contributed by atoms with Crippen LogP contribution in [0.1, 0.15) is 45.4 Å². The van der Waals surface area contributed by atoms with Gasteiger partial charge in [-0.1, -0.05) is 51.0 Å². The van der Waals surface area contributed by atoms with Crippen LogP contribution in [-0.2, 0) is 0 Å². The van der Waals surface area contributed by atoms with Crippen molar-refractivity contribution in [3.8, 4) is 5.75 Å². The summed E-state index contributed by atoms with van der Waals surface area (Å²) in [4.78, 5) is 0. The maximum absolute atomic E-state index is 9.48. The number of aliphatic hydroxyl groups excluding tert-OH is 1. The van der Waals surface area contributed by atoms with Gasteiger partial charge >= 0.3 is 0 Å². The summed E-state index contributed by atoms with van der Waals surface area (Å²) < 4.78 is 5.64. The number of unbranched alkanes of at least 4 members (excludes halogenated alkanes) is 2. The normalized spacial score (nSPS) is 12.1. The second-order valence-electron chi connectivity index (χ2n) is 4.99. The third kappa shape index (κ3) is 6.90. The Morgan fingerprint density at radius 3 is 2.53 bits per heavy atom. The van der Waals surface area contributed by atoms with Crippen LogP contribution < -0.4 is 4.74 Å². The van der Waals surface area contributed by atoms with Gasteiger partial charge in [0.15, 0.2) is 0 Å². The van der Waals surface area contributed by atoms with Gasteiger partial charge in [-0.15, -0.1) is 0 Å². The van der Waals surface area contributed by atoms with Gasteiger partial charge in [-0.3, -0.25) is 0 Å². The molecule has 0 aromatic heterocycles. The fourth-order valence-corrected chi connectivity index (χ4v) is 2.20. The van der Waals surface area contributed by atoms with Crippen LogP contribution >= 0.6 is 0 Å². The minimum absolute atomic E-state index is 0.278.